The Balaban J connectivity index is 3.10. The molecule has 1 heterocycles. The van der Waals surface area contributed by atoms with Gasteiger partial charge in [0.2, 0.25) is 0 Å². The topological polar surface area (TPSA) is 47.4 Å². The first-order valence-electron chi connectivity index (χ1n) is 5.07. The highest BCUT2D eigenvalue weighted by Crippen LogP contribution is 2.22. The molecule has 1 aromatic rings. The third-order valence-electron chi connectivity index (χ3n) is 2.16. The van der Waals surface area contributed by atoms with Gasteiger partial charge in [0.25, 0.3) is 12.3 Å². The van der Waals surface area contributed by atoms with Crippen LogP contribution in [0.4, 0.5) is 8.78 Å². The Labute approximate surface area is 97.9 Å². The summed E-state index contributed by atoms with van der Waals surface area (Å²) >= 11 is 0. The summed E-state index contributed by atoms with van der Waals surface area (Å²) in [6, 6.07) is -0.252. The van der Waals surface area contributed by atoms with Gasteiger partial charge < -0.3 is 0 Å². The molecule has 0 fully saturated rings. The molecule has 0 atom stereocenters. The van der Waals surface area contributed by atoms with Crippen LogP contribution >= 0.6 is 0 Å². The lowest BCUT2D eigenvalue weighted by Gasteiger charge is -2.23. The molecule has 0 saturated carbocycles. The standard InChI is InChI=1S/C10H15F2N3O2/c1-6(2)15(17-4)10(16)7-5-14(3)13-8(7)9(11)12/h5-6,9H,1-4H3. The number of aryl methyl sites for hydroxylation is 1. The molecule has 0 saturated heterocycles. The number of hydrogen-bond donors (Lipinski definition) is 0. The lowest BCUT2D eigenvalue weighted by atomic mass is 10.2. The molecule has 1 amide bonds. The van der Waals surface area contributed by atoms with E-state index in [0.717, 1.165) is 5.06 Å². The molecule has 0 unspecified atom stereocenters. The van der Waals surface area contributed by atoms with E-state index < -0.39 is 18.0 Å². The van der Waals surface area contributed by atoms with Gasteiger partial charge in [-0.15, -0.1) is 0 Å². The number of amides is 1. The van der Waals surface area contributed by atoms with E-state index in [-0.39, 0.29) is 11.6 Å². The van der Waals surface area contributed by atoms with Gasteiger partial charge in [-0.1, -0.05) is 0 Å². The number of halogens is 2. The number of hydroxylamine groups is 2. The highest BCUT2D eigenvalue weighted by atomic mass is 19.3. The first-order valence-corrected chi connectivity index (χ1v) is 5.07. The Kier molecular flexibility index (Phi) is 4.17. The van der Waals surface area contributed by atoms with Crippen molar-refractivity contribution in [3.63, 3.8) is 0 Å². The van der Waals surface area contributed by atoms with E-state index in [9.17, 15) is 13.6 Å². The summed E-state index contributed by atoms with van der Waals surface area (Å²) in [7, 11) is 2.80. The molecular formula is C10H15F2N3O2. The first-order chi connectivity index (χ1) is 7.88. The zero-order valence-corrected chi connectivity index (χ0v) is 10.1. The first kappa shape index (κ1) is 13.6. The minimum atomic E-state index is -2.79. The van der Waals surface area contributed by atoms with Crippen molar-refractivity contribution in [1.29, 1.82) is 0 Å². The van der Waals surface area contributed by atoms with Gasteiger partial charge in [0.1, 0.15) is 5.69 Å². The van der Waals surface area contributed by atoms with Crippen LogP contribution in [0.2, 0.25) is 0 Å². The zero-order chi connectivity index (χ0) is 13.2. The average molecular weight is 247 g/mol. The molecule has 0 aliphatic carbocycles. The second-order valence-electron chi connectivity index (χ2n) is 3.81. The number of carbonyl (C=O) groups excluding carboxylic acids is 1. The van der Waals surface area contributed by atoms with Gasteiger partial charge in [0.15, 0.2) is 0 Å². The fraction of sp³-hybridized carbons (Fsp3) is 0.600. The summed E-state index contributed by atoms with van der Waals surface area (Å²) in [6.07, 6.45) is -1.53. The van der Waals surface area contributed by atoms with Gasteiger partial charge in [0, 0.05) is 13.2 Å². The molecule has 0 bridgehead atoms. The third kappa shape index (κ3) is 2.79. The summed E-state index contributed by atoms with van der Waals surface area (Å²) in [5, 5.41) is 4.60. The van der Waals surface area contributed by atoms with Gasteiger partial charge in [-0.05, 0) is 13.8 Å². The van der Waals surface area contributed by atoms with E-state index >= 15 is 0 Å². The van der Waals surface area contributed by atoms with Crippen LogP contribution in [0, 0.1) is 0 Å². The molecule has 1 rings (SSSR count). The molecule has 96 valence electrons. The van der Waals surface area contributed by atoms with Crippen LogP contribution in [0.3, 0.4) is 0 Å². The zero-order valence-electron chi connectivity index (χ0n) is 10.1. The van der Waals surface area contributed by atoms with Crippen molar-refractivity contribution in [2.24, 2.45) is 7.05 Å². The average Bonchev–Trinajstić information content (AvgIpc) is 2.60. The normalized spacial score (nSPS) is 11.3. The summed E-state index contributed by atoms with van der Waals surface area (Å²) in [6.45, 7) is 3.44. The van der Waals surface area contributed by atoms with E-state index in [4.69, 9.17) is 4.84 Å². The van der Waals surface area contributed by atoms with E-state index in [1.165, 1.54) is 25.0 Å². The molecule has 0 aliphatic rings. The molecule has 7 heteroatoms. The highest BCUT2D eigenvalue weighted by Gasteiger charge is 2.27. The van der Waals surface area contributed by atoms with Crippen molar-refractivity contribution < 1.29 is 18.4 Å². The Morgan fingerprint density at radius 3 is 2.53 bits per heavy atom. The van der Waals surface area contributed by atoms with Crippen molar-refractivity contribution in [3.05, 3.63) is 17.5 Å². The number of nitrogens with zero attached hydrogens (tertiary/aromatic N) is 3. The maximum Gasteiger partial charge on any atom is 0.282 e. The van der Waals surface area contributed by atoms with Crippen molar-refractivity contribution in [3.8, 4) is 0 Å². The summed E-state index contributed by atoms with van der Waals surface area (Å²) in [5.41, 5.74) is -0.668. The van der Waals surface area contributed by atoms with Crippen molar-refractivity contribution in [2.75, 3.05) is 7.11 Å². The number of hydrogen-bond acceptors (Lipinski definition) is 3. The van der Waals surface area contributed by atoms with Crippen molar-refractivity contribution in [2.45, 2.75) is 26.3 Å². The highest BCUT2D eigenvalue weighted by molar-refractivity contribution is 5.94. The Morgan fingerprint density at radius 2 is 2.12 bits per heavy atom. The third-order valence-corrected chi connectivity index (χ3v) is 2.16. The van der Waals surface area contributed by atoms with Crippen LogP contribution in [0.15, 0.2) is 6.20 Å². The quantitative estimate of drug-likeness (QED) is 0.762. The van der Waals surface area contributed by atoms with Crippen LogP contribution in [0.5, 0.6) is 0 Å². The van der Waals surface area contributed by atoms with Crippen LogP contribution in [-0.4, -0.2) is 33.9 Å². The van der Waals surface area contributed by atoms with Crippen molar-refractivity contribution in [1.82, 2.24) is 14.8 Å². The summed E-state index contributed by atoms with van der Waals surface area (Å²) < 4.78 is 26.5. The van der Waals surface area contributed by atoms with Crippen LogP contribution < -0.4 is 0 Å². The molecule has 0 radical (unpaired) electrons. The van der Waals surface area contributed by atoms with Gasteiger partial charge >= 0.3 is 0 Å². The number of rotatable bonds is 4. The summed E-state index contributed by atoms with van der Waals surface area (Å²) in [5.74, 6) is -0.620. The van der Waals surface area contributed by atoms with E-state index in [2.05, 4.69) is 5.10 Å². The molecule has 1 aromatic heterocycles. The van der Waals surface area contributed by atoms with E-state index in [1.54, 1.807) is 13.8 Å². The van der Waals surface area contributed by atoms with E-state index in [1.807, 2.05) is 0 Å². The van der Waals surface area contributed by atoms with Crippen LogP contribution in [0.1, 0.15) is 36.3 Å². The lowest BCUT2D eigenvalue weighted by molar-refractivity contribution is -0.115. The number of carbonyl (C=O) groups is 1. The molecule has 0 spiro atoms. The molecule has 0 aromatic carbocycles. The SMILES string of the molecule is CON(C(=O)c1cn(C)nc1C(F)F)C(C)C. The molecule has 0 N–H and O–H groups in total. The number of alkyl halides is 2. The maximum atomic E-state index is 12.7. The molecule has 5 nitrogen and oxygen atoms in total. The monoisotopic (exact) mass is 247 g/mol. The smallest absolute Gasteiger partial charge is 0.275 e. The molecule has 0 aliphatic heterocycles. The van der Waals surface area contributed by atoms with Gasteiger partial charge in [-0.3, -0.25) is 14.3 Å². The van der Waals surface area contributed by atoms with Crippen molar-refractivity contribution >= 4 is 5.91 Å². The second-order valence-corrected chi connectivity index (χ2v) is 3.81. The lowest BCUT2D eigenvalue weighted by Crippen LogP contribution is -2.36. The fourth-order valence-electron chi connectivity index (χ4n) is 1.48. The van der Waals surface area contributed by atoms with Gasteiger partial charge in [-0.2, -0.15) is 5.10 Å². The Hall–Kier alpha value is -1.50. The Morgan fingerprint density at radius 1 is 1.53 bits per heavy atom. The largest absolute Gasteiger partial charge is 0.282 e. The summed E-state index contributed by atoms with van der Waals surface area (Å²) in [4.78, 5) is 16.8. The molecular weight excluding hydrogens is 232 g/mol. The predicted octanol–water partition coefficient (Wildman–Crippen LogP) is 1.77. The fourth-order valence-corrected chi connectivity index (χ4v) is 1.48. The molecule has 17 heavy (non-hydrogen) atoms. The van der Waals surface area contributed by atoms with E-state index in [0.29, 0.717) is 0 Å². The minimum Gasteiger partial charge on any atom is -0.275 e. The second kappa shape index (κ2) is 5.22. The minimum absolute atomic E-state index is 0.141. The van der Waals surface area contributed by atoms with Crippen LogP contribution in [-0.2, 0) is 11.9 Å². The number of aromatic nitrogens is 2. The van der Waals surface area contributed by atoms with Gasteiger partial charge in [0.05, 0.1) is 18.7 Å². The van der Waals surface area contributed by atoms with Crippen LogP contribution in [0.25, 0.3) is 0 Å². The maximum absolute atomic E-state index is 12.7. The Bertz CT molecular complexity index is 404. The van der Waals surface area contributed by atoms with Gasteiger partial charge in [-0.25, -0.2) is 13.8 Å². The predicted molar refractivity (Wildman–Crippen MR) is 56.5 cm³/mol.